The summed E-state index contributed by atoms with van der Waals surface area (Å²) < 4.78 is 31.0. The Morgan fingerprint density at radius 2 is 2.09 bits per heavy atom. The Balaban J connectivity index is 1.44. The number of nitrogens with one attached hydrogen (secondary N) is 1. The number of aromatic nitrogens is 1. The Bertz CT molecular complexity index is 681. The van der Waals surface area contributed by atoms with Crippen LogP contribution in [0.4, 0.5) is 8.78 Å². The van der Waals surface area contributed by atoms with Crippen LogP contribution in [-0.4, -0.2) is 11.1 Å². The van der Waals surface area contributed by atoms with Gasteiger partial charge in [-0.15, -0.1) is 0 Å². The minimum absolute atomic E-state index is 0.166. The fourth-order valence-electron chi connectivity index (χ4n) is 2.20. The molecular weight excluding hydrogens is 290 g/mol. The lowest BCUT2D eigenvalue weighted by molar-refractivity contribution is -0.121. The van der Waals surface area contributed by atoms with Gasteiger partial charge >= 0.3 is 0 Å². The molecule has 0 aliphatic heterocycles. The third kappa shape index (κ3) is 3.69. The van der Waals surface area contributed by atoms with Crippen LogP contribution in [0.25, 0.3) is 0 Å². The molecule has 1 fully saturated rings. The number of carbonyl (C=O) groups is 1. The highest BCUT2D eigenvalue weighted by Gasteiger charge is 2.27. The second-order valence-electron chi connectivity index (χ2n) is 5.52. The van der Waals surface area contributed by atoms with Gasteiger partial charge < -0.3 is 9.84 Å². The van der Waals surface area contributed by atoms with Crippen molar-refractivity contribution in [3.05, 3.63) is 52.9 Å². The molecule has 1 saturated carbocycles. The number of amides is 1. The van der Waals surface area contributed by atoms with Crippen molar-refractivity contribution >= 4 is 5.91 Å². The quantitative estimate of drug-likeness (QED) is 0.892. The topological polar surface area (TPSA) is 55.1 Å². The van der Waals surface area contributed by atoms with Crippen LogP contribution in [0, 0.1) is 11.6 Å². The first-order valence-corrected chi connectivity index (χ1v) is 7.28. The van der Waals surface area contributed by atoms with Crippen molar-refractivity contribution in [1.82, 2.24) is 10.5 Å². The van der Waals surface area contributed by atoms with Crippen molar-refractivity contribution in [3.8, 4) is 0 Å². The third-order valence-electron chi connectivity index (χ3n) is 3.65. The smallest absolute Gasteiger partial charge is 0.220 e. The first-order valence-electron chi connectivity index (χ1n) is 7.28. The predicted octanol–water partition coefficient (Wildman–Crippen LogP) is 3.08. The number of halogens is 2. The van der Waals surface area contributed by atoms with Crippen LogP contribution in [-0.2, 0) is 17.8 Å². The molecule has 1 N–H and O–H groups in total. The molecule has 1 aromatic heterocycles. The summed E-state index contributed by atoms with van der Waals surface area (Å²) >= 11 is 0. The molecule has 0 unspecified atom stereocenters. The summed E-state index contributed by atoms with van der Waals surface area (Å²) in [5.41, 5.74) is 1.29. The SMILES string of the molecule is O=C(CCc1ccc(F)c(F)c1)NCc1cc(C2CC2)on1. The van der Waals surface area contributed by atoms with Crippen LogP contribution in [0.1, 0.15) is 42.2 Å². The number of rotatable bonds is 6. The number of hydrogen-bond acceptors (Lipinski definition) is 3. The van der Waals surface area contributed by atoms with Crippen molar-refractivity contribution in [1.29, 1.82) is 0 Å². The van der Waals surface area contributed by atoms with E-state index in [4.69, 9.17) is 4.52 Å². The summed E-state index contributed by atoms with van der Waals surface area (Å²) in [7, 11) is 0. The van der Waals surface area contributed by atoms with Crippen molar-refractivity contribution in [3.63, 3.8) is 0 Å². The highest BCUT2D eigenvalue weighted by molar-refractivity contribution is 5.76. The summed E-state index contributed by atoms with van der Waals surface area (Å²) in [4.78, 5) is 11.8. The van der Waals surface area contributed by atoms with E-state index < -0.39 is 11.6 Å². The zero-order chi connectivity index (χ0) is 15.5. The van der Waals surface area contributed by atoms with Gasteiger partial charge in [0.25, 0.3) is 0 Å². The Morgan fingerprint density at radius 3 is 2.82 bits per heavy atom. The van der Waals surface area contributed by atoms with Crippen LogP contribution in [0.3, 0.4) is 0 Å². The molecule has 1 amide bonds. The fourth-order valence-corrected chi connectivity index (χ4v) is 2.20. The zero-order valence-corrected chi connectivity index (χ0v) is 11.9. The predicted molar refractivity (Wildman–Crippen MR) is 75.0 cm³/mol. The number of carbonyl (C=O) groups excluding carboxylic acids is 1. The third-order valence-corrected chi connectivity index (χ3v) is 3.65. The maximum absolute atomic E-state index is 13.1. The normalized spacial score (nSPS) is 14.1. The molecular formula is C16H16F2N2O2. The summed E-state index contributed by atoms with van der Waals surface area (Å²) in [5.74, 6) is -0.573. The molecule has 4 nitrogen and oxygen atoms in total. The van der Waals surface area contributed by atoms with E-state index in [1.54, 1.807) is 0 Å². The number of hydrogen-bond donors (Lipinski definition) is 1. The minimum atomic E-state index is -0.895. The molecule has 2 aromatic rings. The van der Waals surface area contributed by atoms with Crippen molar-refractivity contribution < 1.29 is 18.1 Å². The second kappa shape index (κ2) is 6.25. The van der Waals surface area contributed by atoms with Gasteiger partial charge in [0.2, 0.25) is 5.91 Å². The number of aryl methyl sites for hydroxylation is 1. The molecule has 0 bridgehead atoms. The molecule has 1 heterocycles. The van der Waals surface area contributed by atoms with Crippen LogP contribution < -0.4 is 5.32 Å². The molecule has 1 aliphatic carbocycles. The summed E-state index contributed by atoms with van der Waals surface area (Å²) in [5, 5.41) is 6.65. The lowest BCUT2D eigenvalue weighted by atomic mass is 10.1. The first kappa shape index (κ1) is 14.7. The number of benzene rings is 1. The molecule has 0 atom stereocenters. The highest BCUT2D eigenvalue weighted by atomic mass is 19.2. The summed E-state index contributed by atoms with van der Waals surface area (Å²) in [6, 6.07) is 5.53. The molecule has 0 spiro atoms. The highest BCUT2D eigenvalue weighted by Crippen LogP contribution is 2.40. The summed E-state index contributed by atoms with van der Waals surface area (Å²) in [6.07, 6.45) is 2.83. The van der Waals surface area contributed by atoms with Crippen LogP contribution in [0.15, 0.2) is 28.8 Å². The maximum Gasteiger partial charge on any atom is 0.220 e. The Labute approximate surface area is 126 Å². The monoisotopic (exact) mass is 306 g/mol. The van der Waals surface area contributed by atoms with Crippen molar-refractivity contribution in [2.45, 2.75) is 38.1 Å². The van der Waals surface area contributed by atoms with Crippen molar-refractivity contribution in [2.75, 3.05) is 0 Å². The van der Waals surface area contributed by atoms with Gasteiger partial charge in [0.15, 0.2) is 11.6 Å². The lowest BCUT2D eigenvalue weighted by Gasteiger charge is -2.04. The lowest BCUT2D eigenvalue weighted by Crippen LogP contribution is -2.23. The number of nitrogens with zero attached hydrogens (tertiary/aromatic N) is 1. The standard InChI is InChI=1S/C16H16F2N2O2/c17-13-5-1-10(7-14(13)18)2-6-16(21)19-9-12-8-15(22-20-12)11-3-4-11/h1,5,7-8,11H,2-4,6,9H2,(H,19,21). The Hall–Kier alpha value is -2.24. The van der Waals surface area contributed by atoms with E-state index in [9.17, 15) is 13.6 Å². The van der Waals surface area contributed by atoms with Crippen LogP contribution in [0.2, 0.25) is 0 Å². The van der Waals surface area contributed by atoms with Crippen LogP contribution >= 0.6 is 0 Å². The van der Waals surface area contributed by atoms with Crippen LogP contribution in [0.5, 0.6) is 0 Å². The molecule has 6 heteroatoms. The molecule has 3 rings (SSSR count). The largest absolute Gasteiger partial charge is 0.361 e. The van der Waals surface area contributed by atoms with Gasteiger partial charge in [-0.2, -0.15) is 0 Å². The van der Waals surface area contributed by atoms with E-state index in [1.807, 2.05) is 6.07 Å². The van der Waals surface area contributed by atoms with E-state index in [1.165, 1.54) is 6.07 Å². The summed E-state index contributed by atoms with van der Waals surface area (Å²) in [6.45, 7) is 0.312. The molecule has 0 saturated heterocycles. The van der Waals surface area contributed by atoms with E-state index in [0.29, 0.717) is 30.1 Å². The Kier molecular flexibility index (Phi) is 4.18. The van der Waals surface area contributed by atoms with Gasteiger partial charge in [-0.1, -0.05) is 11.2 Å². The fraction of sp³-hybridized carbons (Fsp3) is 0.375. The van der Waals surface area contributed by atoms with E-state index in [2.05, 4.69) is 10.5 Å². The maximum atomic E-state index is 13.1. The minimum Gasteiger partial charge on any atom is -0.361 e. The zero-order valence-electron chi connectivity index (χ0n) is 11.9. The van der Waals surface area contributed by atoms with Crippen molar-refractivity contribution in [2.24, 2.45) is 0 Å². The van der Waals surface area contributed by atoms with Gasteiger partial charge in [0.05, 0.1) is 6.54 Å². The van der Waals surface area contributed by atoms with Gasteiger partial charge in [-0.25, -0.2) is 8.78 Å². The Morgan fingerprint density at radius 1 is 1.27 bits per heavy atom. The molecule has 1 aromatic carbocycles. The molecule has 116 valence electrons. The first-order chi connectivity index (χ1) is 10.6. The average Bonchev–Trinajstić information content (AvgIpc) is 3.25. The van der Waals surface area contributed by atoms with Gasteiger partial charge in [-0.05, 0) is 37.0 Å². The molecule has 1 aliphatic rings. The van der Waals surface area contributed by atoms with E-state index in [-0.39, 0.29) is 12.3 Å². The van der Waals surface area contributed by atoms with Gasteiger partial charge in [-0.3, -0.25) is 4.79 Å². The molecule has 0 radical (unpaired) electrons. The van der Waals surface area contributed by atoms with E-state index >= 15 is 0 Å². The average molecular weight is 306 g/mol. The van der Waals surface area contributed by atoms with E-state index in [0.717, 1.165) is 30.7 Å². The van der Waals surface area contributed by atoms with Gasteiger partial charge in [0.1, 0.15) is 11.5 Å². The second-order valence-corrected chi connectivity index (χ2v) is 5.52. The molecule has 22 heavy (non-hydrogen) atoms. The van der Waals surface area contributed by atoms with Gasteiger partial charge in [0, 0.05) is 18.4 Å².